The fourth-order valence-electron chi connectivity index (χ4n) is 0.757. The van der Waals surface area contributed by atoms with E-state index in [0.717, 1.165) is 12.0 Å². The van der Waals surface area contributed by atoms with Gasteiger partial charge in [0.25, 0.3) is 0 Å². The summed E-state index contributed by atoms with van der Waals surface area (Å²) in [5, 5.41) is 3.79. The van der Waals surface area contributed by atoms with Crippen LogP contribution in [0.3, 0.4) is 0 Å². The molecule has 0 fully saturated rings. The number of oxime groups is 1. The number of rotatable bonds is 8. The summed E-state index contributed by atoms with van der Waals surface area (Å²) in [5.74, 6) is 0.469. The first-order valence-corrected chi connectivity index (χ1v) is 5.29. The van der Waals surface area contributed by atoms with Crippen molar-refractivity contribution in [2.24, 2.45) is 10.9 Å². The second-order valence-corrected chi connectivity index (χ2v) is 2.98. The summed E-state index contributed by atoms with van der Waals surface area (Å²) in [6.07, 6.45) is 9.59. The summed E-state index contributed by atoms with van der Waals surface area (Å²) in [5.41, 5.74) is 6.19. The molecule has 0 aromatic rings. The Kier molecular flexibility index (Phi) is 10.2. The molecule has 0 heterocycles. The van der Waals surface area contributed by atoms with Crippen molar-refractivity contribution in [3.05, 3.63) is 36.5 Å². The van der Waals surface area contributed by atoms with Crippen LogP contribution in [0, 0.1) is 0 Å². The predicted molar refractivity (Wildman–Crippen MR) is 66.3 cm³/mol. The lowest BCUT2D eigenvalue weighted by Gasteiger charge is -1.96. The van der Waals surface area contributed by atoms with Crippen LogP contribution in [0.1, 0.15) is 6.42 Å². The highest BCUT2D eigenvalue weighted by Gasteiger charge is 1.86. The van der Waals surface area contributed by atoms with E-state index in [1.165, 1.54) is 0 Å². The molecule has 0 aromatic carbocycles. The van der Waals surface area contributed by atoms with Gasteiger partial charge < -0.3 is 10.6 Å². The summed E-state index contributed by atoms with van der Waals surface area (Å²) >= 11 is 5.52. The Labute approximate surface area is 95.9 Å². The highest BCUT2D eigenvalue weighted by atomic mass is 35.5. The van der Waals surface area contributed by atoms with Gasteiger partial charge in [-0.2, -0.15) is 0 Å². The Bertz CT molecular complexity index is 247. The van der Waals surface area contributed by atoms with E-state index in [0.29, 0.717) is 19.0 Å². The van der Waals surface area contributed by atoms with Crippen LogP contribution in [-0.2, 0) is 4.84 Å². The molecule has 4 heteroatoms. The zero-order valence-corrected chi connectivity index (χ0v) is 9.49. The Hall–Kier alpha value is -1.06. The van der Waals surface area contributed by atoms with Crippen LogP contribution in [-0.4, -0.2) is 25.2 Å². The van der Waals surface area contributed by atoms with E-state index in [1.54, 1.807) is 12.3 Å². The van der Waals surface area contributed by atoms with Crippen molar-refractivity contribution in [2.45, 2.75) is 6.42 Å². The molecule has 0 bridgehead atoms. The molecule has 0 aliphatic rings. The molecule has 0 unspecified atom stereocenters. The van der Waals surface area contributed by atoms with Gasteiger partial charge in [-0.25, -0.2) is 0 Å². The average Bonchev–Trinajstić information content (AvgIpc) is 2.25. The van der Waals surface area contributed by atoms with Gasteiger partial charge >= 0.3 is 0 Å². The first-order chi connectivity index (χ1) is 7.35. The number of hydrogen-bond acceptors (Lipinski definition) is 3. The van der Waals surface area contributed by atoms with Gasteiger partial charge in [0.2, 0.25) is 0 Å². The van der Waals surface area contributed by atoms with Gasteiger partial charge in [-0.3, -0.25) is 0 Å². The van der Waals surface area contributed by atoms with Crippen molar-refractivity contribution in [1.82, 2.24) is 0 Å². The van der Waals surface area contributed by atoms with Gasteiger partial charge in [0.15, 0.2) is 0 Å². The van der Waals surface area contributed by atoms with Crippen molar-refractivity contribution in [1.29, 1.82) is 0 Å². The lowest BCUT2D eigenvalue weighted by Crippen LogP contribution is -2.02. The largest absolute Gasteiger partial charge is 0.396 e. The third-order valence-corrected chi connectivity index (χ3v) is 1.60. The van der Waals surface area contributed by atoms with Gasteiger partial charge in [-0.1, -0.05) is 36.0 Å². The first-order valence-electron chi connectivity index (χ1n) is 4.75. The van der Waals surface area contributed by atoms with E-state index in [1.807, 2.05) is 18.2 Å². The molecule has 15 heavy (non-hydrogen) atoms. The van der Waals surface area contributed by atoms with E-state index in [2.05, 4.69) is 11.7 Å². The molecule has 0 saturated carbocycles. The number of nitrogens with zero attached hydrogens (tertiary/aromatic N) is 1. The van der Waals surface area contributed by atoms with Gasteiger partial charge in [-0.15, -0.1) is 11.6 Å². The monoisotopic (exact) mass is 228 g/mol. The Balaban J connectivity index is 3.99. The number of allylic oxidation sites excluding steroid dienone is 5. The fraction of sp³-hybridized carbons (Fsp3) is 0.364. The van der Waals surface area contributed by atoms with Crippen molar-refractivity contribution in [3.8, 4) is 0 Å². The summed E-state index contributed by atoms with van der Waals surface area (Å²) < 4.78 is 0. The normalized spacial score (nSPS) is 12.5. The highest BCUT2D eigenvalue weighted by molar-refractivity contribution is 6.18. The molecule has 0 spiro atoms. The van der Waals surface area contributed by atoms with Crippen LogP contribution in [0.25, 0.3) is 0 Å². The Morgan fingerprint density at radius 1 is 1.53 bits per heavy atom. The van der Waals surface area contributed by atoms with Crippen LogP contribution in [0.4, 0.5) is 0 Å². The highest BCUT2D eigenvalue weighted by Crippen LogP contribution is 1.95. The summed E-state index contributed by atoms with van der Waals surface area (Å²) in [4.78, 5) is 4.98. The van der Waals surface area contributed by atoms with Gasteiger partial charge in [-0.05, 0) is 18.5 Å². The molecule has 0 atom stereocenters. The molecule has 0 aliphatic carbocycles. The molecule has 0 saturated heterocycles. The zero-order chi connectivity index (χ0) is 11.4. The predicted octanol–water partition coefficient (Wildman–Crippen LogP) is 2.24. The Morgan fingerprint density at radius 3 is 2.93 bits per heavy atom. The van der Waals surface area contributed by atoms with Crippen LogP contribution >= 0.6 is 11.6 Å². The summed E-state index contributed by atoms with van der Waals surface area (Å²) in [7, 11) is 0. The summed E-state index contributed by atoms with van der Waals surface area (Å²) in [6, 6.07) is 0. The first kappa shape index (κ1) is 13.9. The standard InChI is InChI=1S/C11H17ClN2O/c1-2-5-11(6-3-7-12)10-14-15-9-4-8-13/h2-3,5-6,10H,1,4,7-9,13H2/b6-3-,11-5+,14-10+. The van der Waals surface area contributed by atoms with Gasteiger partial charge in [0.05, 0.1) is 6.21 Å². The number of halogens is 1. The van der Waals surface area contributed by atoms with Crippen LogP contribution < -0.4 is 5.73 Å². The van der Waals surface area contributed by atoms with Gasteiger partial charge in [0, 0.05) is 5.88 Å². The minimum absolute atomic E-state index is 0.469. The maximum atomic E-state index is 5.52. The zero-order valence-electron chi connectivity index (χ0n) is 8.73. The minimum Gasteiger partial charge on any atom is -0.396 e. The summed E-state index contributed by atoms with van der Waals surface area (Å²) in [6.45, 7) is 4.75. The lowest BCUT2D eigenvalue weighted by molar-refractivity contribution is 0.145. The molecule has 0 radical (unpaired) electrons. The number of nitrogens with two attached hydrogens (primary N) is 1. The molecule has 0 amide bonds. The number of alkyl halides is 1. The van der Waals surface area contributed by atoms with E-state index in [-0.39, 0.29) is 0 Å². The molecular weight excluding hydrogens is 212 g/mol. The van der Waals surface area contributed by atoms with Crippen molar-refractivity contribution >= 4 is 17.8 Å². The quantitative estimate of drug-likeness (QED) is 0.228. The third-order valence-electron chi connectivity index (χ3n) is 1.43. The van der Waals surface area contributed by atoms with Crippen LogP contribution in [0.5, 0.6) is 0 Å². The van der Waals surface area contributed by atoms with E-state index >= 15 is 0 Å². The lowest BCUT2D eigenvalue weighted by atomic mass is 10.2. The molecule has 84 valence electrons. The average molecular weight is 229 g/mol. The van der Waals surface area contributed by atoms with E-state index < -0.39 is 0 Å². The number of hydrogen-bond donors (Lipinski definition) is 1. The molecule has 0 aliphatic heterocycles. The van der Waals surface area contributed by atoms with Crippen molar-refractivity contribution in [3.63, 3.8) is 0 Å². The van der Waals surface area contributed by atoms with Crippen LogP contribution in [0.2, 0.25) is 0 Å². The van der Waals surface area contributed by atoms with Crippen molar-refractivity contribution in [2.75, 3.05) is 19.0 Å². The van der Waals surface area contributed by atoms with Crippen molar-refractivity contribution < 1.29 is 4.84 Å². The maximum absolute atomic E-state index is 5.52. The van der Waals surface area contributed by atoms with Gasteiger partial charge in [0.1, 0.15) is 6.61 Å². The smallest absolute Gasteiger partial charge is 0.118 e. The molecular formula is C11H17ClN2O. The molecule has 0 aromatic heterocycles. The minimum atomic E-state index is 0.469. The molecule has 0 rings (SSSR count). The molecule has 3 nitrogen and oxygen atoms in total. The second-order valence-electron chi connectivity index (χ2n) is 2.67. The fourth-order valence-corrected chi connectivity index (χ4v) is 0.846. The molecule has 2 N–H and O–H groups in total. The topological polar surface area (TPSA) is 47.6 Å². The Morgan fingerprint density at radius 2 is 2.33 bits per heavy atom. The SMILES string of the molecule is C=C/C=C(\C=C/CCl)/C=N/OCCCN. The van der Waals surface area contributed by atoms with E-state index in [9.17, 15) is 0 Å². The second kappa shape index (κ2) is 11.0. The maximum Gasteiger partial charge on any atom is 0.118 e. The van der Waals surface area contributed by atoms with Crippen LogP contribution in [0.15, 0.2) is 41.6 Å². The van der Waals surface area contributed by atoms with E-state index in [4.69, 9.17) is 22.2 Å². The third kappa shape index (κ3) is 9.25.